The highest BCUT2D eigenvalue weighted by atomic mass is 32.1. The molecule has 4 nitrogen and oxygen atoms in total. The molecule has 0 aliphatic carbocycles. The van der Waals surface area contributed by atoms with E-state index < -0.39 is 18.2 Å². The Morgan fingerprint density at radius 2 is 1.78 bits per heavy atom. The van der Waals surface area contributed by atoms with Gasteiger partial charge in [-0.2, -0.15) is 12.6 Å². The summed E-state index contributed by atoms with van der Waals surface area (Å²) in [5.74, 6) is -0.509. The second kappa shape index (κ2) is 6.22. The van der Waals surface area contributed by atoms with E-state index in [0.717, 1.165) is 0 Å². The summed E-state index contributed by atoms with van der Waals surface area (Å²) in [6, 6.07) is 3.20. The average Bonchev–Trinajstić information content (AvgIpc) is 2.26. The van der Waals surface area contributed by atoms with Crippen LogP contribution in [0.15, 0.2) is 12.1 Å². The summed E-state index contributed by atoms with van der Waals surface area (Å²) < 4.78 is 0. The van der Waals surface area contributed by atoms with Gasteiger partial charge in [0.2, 0.25) is 0 Å². The van der Waals surface area contributed by atoms with Crippen molar-refractivity contribution in [2.24, 2.45) is 0 Å². The summed E-state index contributed by atoms with van der Waals surface area (Å²) >= 11 is 4.00. The molecule has 0 radical (unpaired) electrons. The Labute approximate surface area is 112 Å². The molecule has 0 spiro atoms. The summed E-state index contributed by atoms with van der Waals surface area (Å²) in [7, 11) is 0. The van der Waals surface area contributed by atoms with Crippen LogP contribution in [-0.4, -0.2) is 33.1 Å². The molecule has 0 bridgehead atoms. The van der Waals surface area contributed by atoms with E-state index in [9.17, 15) is 15.0 Å². The molecule has 0 saturated heterocycles. The van der Waals surface area contributed by atoms with E-state index in [1.54, 1.807) is 26.0 Å². The fraction of sp³-hybridized carbons (Fsp3) is 0.462. The SMILES string of the molecule is Cc1cc(C(O)C(O)CCS)cc(C)c1C(=O)O. The van der Waals surface area contributed by atoms with E-state index in [0.29, 0.717) is 28.9 Å². The maximum absolute atomic E-state index is 11.0. The van der Waals surface area contributed by atoms with Crippen LogP contribution in [0, 0.1) is 13.8 Å². The van der Waals surface area contributed by atoms with Crippen molar-refractivity contribution in [3.63, 3.8) is 0 Å². The topological polar surface area (TPSA) is 77.8 Å². The summed E-state index contributed by atoms with van der Waals surface area (Å²) in [6.07, 6.45) is -1.53. The van der Waals surface area contributed by atoms with Gasteiger partial charge in [-0.05, 0) is 42.7 Å². The Kier molecular flexibility index (Phi) is 5.19. The Balaban J connectivity index is 3.10. The van der Waals surface area contributed by atoms with Crippen LogP contribution in [0.3, 0.4) is 0 Å². The predicted molar refractivity (Wildman–Crippen MR) is 72.3 cm³/mol. The summed E-state index contributed by atoms with van der Waals surface area (Å²) in [6.45, 7) is 3.36. The van der Waals surface area contributed by atoms with E-state index in [2.05, 4.69) is 12.6 Å². The van der Waals surface area contributed by atoms with Crippen LogP contribution in [0.1, 0.15) is 39.6 Å². The van der Waals surface area contributed by atoms with Crippen molar-refractivity contribution < 1.29 is 20.1 Å². The molecule has 0 aliphatic rings. The van der Waals surface area contributed by atoms with Crippen molar-refractivity contribution in [2.75, 3.05) is 5.75 Å². The molecule has 2 atom stereocenters. The third-order valence-corrected chi connectivity index (χ3v) is 3.16. The summed E-state index contributed by atoms with van der Waals surface area (Å²) in [5.41, 5.74) is 1.93. The van der Waals surface area contributed by atoms with Gasteiger partial charge in [-0.25, -0.2) is 4.79 Å². The number of carboxylic acids is 1. The molecule has 0 fully saturated rings. The smallest absolute Gasteiger partial charge is 0.336 e. The van der Waals surface area contributed by atoms with E-state index in [1.807, 2.05) is 0 Å². The maximum Gasteiger partial charge on any atom is 0.336 e. The number of aryl methyl sites for hydroxylation is 2. The van der Waals surface area contributed by atoms with Crippen molar-refractivity contribution in [1.29, 1.82) is 0 Å². The molecule has 0 aromatic heterocycles. The van der Waals surface area contributed by atoms with Gasteiger partial charge in [0, 0.05) is 0 Å². The highest BCUT2D eigenvalue weighted by Gasteiger charge is 2.20. The minimum absolute atomic E-state index is 0.245. The lowest BCUT2D eigenvalue weighted by Gasteiger charge is -2.19. The summed E-state index contributed by atoms with van der Waals surface area (Å²) in [4.78, 5) is 11.0. The number of rotatable bonds is 5. The summed E-state index contributed by atoms with van der Waals surface area (Å²) in [5, 5.41) is 28.7. The molecule has 5 heteroatoms. The van der Waals surface area contributed by atoms with E-state index in [-0.39, 0.29) is 5.56 Å². The minimum atomic E-state index is -1.02. The molecule has 0 heterocycles. The zero-order valence-electron chi connectivity index (χ0n) is 10.4. The van der Waals surface area contributed by atoms with Crippen molar-refractivity contribution in [3.05, 3.63) is 34.4 Å². The first kappa shape index (κ1) is 15.0. The number of hydrogen-bond donors (Lipinski definition) is 4. The highest BCUT2D eigenvalue weighted by Crippen LogP contribution is 2.24. The van der Waals surface area contributed by atoms with Crippen LogP contribution in [0.2, 0.25) is 0 Å². The van der Waals surface area contributed by atoms with Gasteiger partial charge >= 0.3 is 5.97 Å². The molecule has 0 saturated carbocycles. The molecule has 18 heavy (non-hydrogen) atoms. The molecule has 1 aromatic rings. The quantitative estimate of drug-likeness (QED) is 0.614. The lowest BCUT2D eigenvalue weighted by atomic mass is 9.94. The standard InChI is InChI=1S/C13H18O4S/c1-7-5-9(12(15)10(14)3-4-18)6-8(2)11(7)13(16)17/h5-6,10,12,14-15,18H,3-4H2,1-2H3,(H,16,17). The average molecular weight is 270 g/mol. The highest BCUT2D eigenvalue weighted by molar-refractivity contribution is 7.80. The van der Waals surface area contributed by atoms with Gasteiger partial charge in [0.05, 0.1) is 11.7 Å². The van der Waals surface area contributed by atoms with Crippen LogP contribution in [-0.2, 0) is 0 Å². The Morgan fingerprint density at radius 3 is 2.17 bits per heavy atom. The molecule has 0 amide bonds. The molecule has 1 aromatic carbocycles. The zero-order valence-corrected chi connectivity index (χ0v) is 11.3. The third-order valence-electron chi connectivity index (χ3n) is 2.90. The van der Waals surface area contributed by atoms with Crippen LogP contribution in [0.5, 0.6) is 0 Å². The first-order chi connectivity index (χ1) is 8.38. The van der Waals surface area contributed by atoms with Crippen LogP contribution in [0.4, 0.5) is 0 Å². The largest absolute Gasteiger partial charge is 0.478 e. The number of thiol groups is 1. The second-order valence-electron chi connectivity index (χ2n) is 4.36. The van der Waals surface area contributed by atoms with Gasteiger partial charge in [-0.1, -0.05) is 12.1 Å². The molecular weight excluding hydrogens is 252 g/mol. The Bertz CT molecular complexity index is 422. The van der Waals surface area contributed by atoms with Gasteiger partial charge in [-0.15, -0.1) is 0 Å². The van der Waals surface area contributed by atoms with Crippen molar-refractivity contribution in [2.45, 2.75) is 32.5 Å². The van der Waals surface area contributed by atoms with Gasteiger partial charge < -0.3 is 15.3 Å². The van der Waals surface area contributed by atoms with Crippen LogP contribution >= 0.6 is 12.6 Å². The Morgan fingerprint density at radius 1 is 1.28 bits per heavy atom. The maximum atomic E-state index is 11.0. The number of carbonyl (C=O) groups is 1. The molecule has 3 N–H and O–H groups in total. The van der Waals surface area contributed by atoms with Gasteiger partial charge in [0.1, 0.15) is 6.10 Å². The number of benzene rings is 1. The number of hydrogen-bond acceptors (Lipinski definition) is 4. The van der Waals surface area contributed by atoms with Crippen molar-refractivity contribution in [3.8, 4) is 0 Å². The fourth-order valence-corrected chi connectivity index (χ4v) is 2.28. The normalized spacial score (nSPS) is 14.3. The van der Waals surface area contributed by atoms with E-state index in [4.69, 9.17) is 5.11 Å². The monoisotopic (exact) mass is 270 g/mol. The third kappa shape index (κ3) is 3.25. The molecule has 1 rings (SSSR count). The first-order valence-corrected chi connectivity index (χ1v) is 6.33. The number of aliphatic hydroxyl groups is 2. The minimum Gasteiger partial charge on any atom is -0.478 e. The lowest BCUT2D eigenvalue weighted by Crippen LogP contribution is -2.19. The lowest BCUT2D eigenvalue weighted by molar-refractivity contribution is 0.0172. The van der Waals surface area contributed by atoms with Crippen molar-refractivity contribution in [1.82, 2.24) is 0 Å². The molecule has 0 aliphatic heterocycles. The molecule has 100 valence electrons. The number of aliphatic hydroxyl groups excluding tert-OH is 2. The predicted octanol–water partition coefficient (Wildman–Crippen LogP) is 1.72. The van der Waals surface area contributed by atoms with Crippen LogP contribution in [0.25, 0.3) is 0 Å². The first-order valence-electron chi connectivity index (χ1n) is 5.70. The van der Waals surface area contributed by atoms with Gasteiger partial charge in [0.25, 0.3) is 0 Å². The second-order valence-corrected chi connectivity index (χ2v) is 4.81. The van der Waals surface area contributed by atoms with E-state index >= 15 is 0 Å². The molecule has 2 unspecified atom stereocenters. The molecular formula is C13H18O4S. The Hall–Kier alpha value is -1.04. The van der Waals surface area contributed by atoms with Crippen molar-refractivity contribution >= 4 is 18.6 Å². The fourth-order valence-electron chi connectivity index (χ4n) is 2.02. The number of carboxylic acid groups (broad SMARTS) is 1. The number of aromatic carboxylic acids is 1. The van der Waals surface area contributed by atoms with Gasteiger partial charge in [-0.3, -0.25) is 0 Å². The van der Waals surface area contributed by atoms with Crippen LogP contribution < -0.4 is 0 Å². The zero-order chi connectivity index (χ0) is 13.9. The van der Waals surface area contributed by atoms with E-state index in [1.165, 1.54) is 0 Å². The van der Waals surface area contributed by atoms with Gasteiger partial charge in [0.15, 0.2) is 0 Å².